The lowest BCUT2D eigenvalue weighted by molar-refractivity contribution is 0.0658. The summed E-state index contributed by atoms with van der Waals surface area (Å²) in [5, 5.41) is 0. The van der Waals surface area contributed by atoms with Gasteiger partial charge in [-0.15, -0.1) is 0 Å². The smallest absolute Gasteiger partial charge is 0.342 e. The van der Waals surface area contributed by atoms with E-state index < -0.39 is 0 Å². The highest BCUT2D eigenvalue weighted by molar-refractivity contribution is 5.89. The summed E-state index contributed by atoms with van der Waals surface area (Å²) in [5.41, 5.74) is 1.64. The standard InChI is InChI=1S/C17H16O3/c18-17(16-10-5-2-6-11-16)20-13-7-12-19-14-15-8-3-1-4-9-15/h1-11,13H,12,14H2/b13-7+. The first-order valence-electron chi connectivity index (χ1n) is 6.39. The Bertz CT molecular complexity index is 547. The zero-order chi connectivity index (χ0) is 14.0. The third kappa shape index (κ3) is 4.71. The number of benzene rings is 2. The quantitative estimate of drug-likeness (QED) is 0.456. The Kier molecular flexibility index (Phi) is 5.55. The number of esters is 1. The molecule has 3 heteroatoms. The van der Waals surface area contributed by atoms with Gasteiger partial charge in [-0.05, 0) is 23.8 Å². The molecule has 0 unspecified atom stereocenters. The number of hydrogen-bond donors (Lipinski definition) is 0. The van der Waals surface area contributed by atoms with Gasteiger partial charge in [-0.3, -0.25) is 0 Å². The van der Waals surface area contributed by atoms with Gasteiger partial charge in [0.05, 0.1) is 25.0 Å². The largest absolute Gasteiger partial charge is 0.431 e. The molecule has 0 bridgehead atoms. The van der Waals surface area contributed by atoms with Crippen LogP contribution < -0.4 is 0 Å². The van der Waals surface area contributed by atoms with Crippen LogP contribution in [0.2, 0.25) is 0 Å². The Balaban J connectivity index is 1.66. The highest BCUT2D eigenvalue weighted by Gasteiger charge is 2.02. The van der Waals surface area contributed by atoms with Gasteiger partial charge in [0.15, 0.2) is 0 Å². The van der Waals surface area contributed by atoms with E-state index in [-0.39, 0.29) is 5.97 Å². The third-order valence-corrected chi connectivity index (χ3v) is 2.61. The molecule has 3 nitrogen and oxygen atoms in total. The monoisotopic (exact) mass is 268 g/mol. The average molecular weight is 268 g/mol. The molecule has 2 aromatic carbocycles. The molecule has 0 spiro atoms. The van der Waals surface area contributed by atoms with Crippen LogP contribution in [-0.4, -0.2) is 12.6 Å². The number of ether oxygens (including phenoxy) is 2. The molecule has 0 saturated heterocycles. The second-order valence-corrected chi connectivity index (χ2v) is 4.14. The van der Waals surface area contributed by atoms with Gasteiger partial charge >= 0.3 is 5.97 Å². The van der Waals surface area contributed by atoms with Gasteiger partial charge in [0.1, 0.15) is 0 Å². The molecule has 0 N–H and O–H groups in total. The van der Waals surface area contributed by atoms with Gasteiger partial charge in [0.25, 0.3) is 0 Å². The Labute approximate surface area is 118 Å². The molecule has 0 aliphatic heterocycles. The van der Waals surface area contributed by atoms with E-state index in [2.05, 4.69) is 0 Å². The molecule has 0 radical (unpaired) electrons. The van der Waals surface area contributed by atoms with Crippen LogP contribution >= 0.6 is 0 Å². The highest BCUT2D eigenvalue weighted by atomic mass is 16.5. The summed E-state index contributed by atoms with van der Waals surface area (Å²) in [6, 6.07) is 18.8. The van der Waals surface area contributed by atoms with E-state index in [1.807, 2.05) is 36.4 Å². The van der Waals surface area contributed by atoms with Crippen molar-refractivity contribution in [1.82, 2.24) is 0 Å². The summed E-state index contributed by atoms with van der Waals surface area (Å²) >= 11 is 0. The highest BCUT2D eigenvalue weighted by Crippen LogP contribution is 2.02. The van der Waals surface area contributed by atoms with Gasteiger partial charge in [-0.25, -0.2) is 4.79 Å². The van der Waals surface area contributed by atoms with Gasteiger partial charge in [-0.1, -0.05) is 48.5 Å². The molecule has 2 aromatic rings. The van der Waals surface area contributed by atoms with Crippen molar-refractivity contribution in [2.75, 3.05) is 6.61 Å². The Morgan fingerprint density at radius 2 is 1.60 bits per heavy atom. The van der Waals surface area contributed by atoms with Gasteiger partial charge < -0.3 is 9.47 Å². The van der Waals surface area contributed by atoms with Crippen molar-refractivity contribution in [3.8, 4) is 0 Å². The van der Waals surface area contributed by atoms with E-state index in [4.69, 9.17) is 9.47 Å². The molecule has 0 saturated carbocycles. The molecule has 0 heterocycles. The van der Waals surface area contributed by atoms with Crippen molar-refractivity contribution in [3.63, 3.8) is 0 Å². The number of rotatable bonds is 6. The van der Waals surface area contributed by atoms with Crippen LogP contribution in [0.15, 0.2) is 73.0 Å². The minimum Gasteiger partial charge on any atom is -0.431 e. The predicted octanol–water partition coefficient (Wildman–Crippen LogP) is 3.57. The SMILES string of the molecule is O=C(O/C=C/COCc1ccccc1)c1ccccc1. The van der Waals surface area contributed by atoms with E-state index >= 15 is 0 Å². The van der Waals surface area contributed by atoms with Crippen LogP contribution in [-0.2, 0) is 16.1 Å². The fourth-order valence-corrected chi connectivity index (χ4v) is 1.61. The van der Waals surface area contributed by atoms with E-state index in [1.165, 1.54) is 6.26 Å². The van der Waals surface area contributed by atoms with Crippen molar-refractivity contribution in [2.24, 2.45) is 0 Å². The van der Waals surface area contributed by atoms with Crippen LogP contribution in [0, 0.1) is 0 Å². The lowest BCUT2D eigenvalue weighted by Gasteiger charge is -2.01. The van der Waals surface area contributed by atoms with E-state index in [1.54, 1.807) is 30.3 Å². The zero-order valence-electron chi connectivity index (χ0n) is 11.1. The topological polar surface area (TPSA) is 35.5 Å². The molecule has 2 rings (SSSR count). The summed E-state index contributed by atoms with van der Waals surface area (Å²) in [6.07, 6.45) is 3.03. The van der Waals surface area contributed by atoms with Crippen molar-refractivity contribution in [2.45, 2.75) is 6.61 Å². The molecule has 0 fully saturated rings. The second kappa shape index (κ2) is 7.92. The van der Waals surface area contributed by atoms with Crippen molar-refractivity contribution >= 4 is 5.97 Å². The van der Waals surface area contributed by atoms with Crippen molar-refractivity contribution in [1.29, 1.82) is 0 Å². The third-order valence-electron chi connectivity index (χ3n) is 2.61. The zero-order valence-corrected chi connectivity index (χ0v) is 11.1. The maximum atomic E-state index is 11.6. The molecular weight excluding hydrogens is 252 g/mol. The molecule has 0 aromatic heterocycles. The van der Waals surface area contributed by atoms with Crippen LogP contribution in [0.5, 0.6) is 0 Å². The summed E-state index contributed by atoms with van der Waals surface area (Å²) in [5.74, 6) is -0.370. The van der Waals surface area contributed by atoms with Gasteiger partial charge in [0, 0.05) is 0 Å². The summed E-state index contributed by atoms with van der Waals surface area (Å²) < 4.78 is 10.4. The molecule has 0 aliphatic carbocycles. The predicted molar refractivity (Wildman–Crippen MR) is 77.1 cm³/mol. The van der Waals surface area contributed by atoms with Gasteiger partial charge in [0.2, 0.25) is 0 Å². The maximum Gasteiger partial charge on any atom is 0.342 e. The molecule has 20 heavy (non-hydrogen) atoms. The lowest BCUT2D eigenvalue weighted by atomic mass is 10.2. The Morgan fingerprint density at radius 3 is 2.30 bits per heavy atom. The Morgan fingerprint density at radius 1 is 0.950 bits per heavy atom. The van der Waals surface area contributed by atoms with Crippen LogP contribution in [0.1, 0.15) is 15.9 Å². The molecular formula is C17H16O3. The van der Waals surface area contributed by atoms with Gasteiger partial charge in [-0.2, -0.15) is 0 Å². The molecule has 0 amide bonds. The minimum atomic E-state index is -0.370. The van der Waals surface area contributed by atoms with E-state index in [0.29, 0.717) is 18.8 Å². The first-order valence-corrected chi connectivity index (χ1v) is 6.39. The number of carbonyl (C=O) groups excluding carboxylic acids is 1. The molecule has 0 atom stereocenters. The molecule has 102 valence electrons. The average Bonchev–Trinajstić information content (AvgIpc) is 2.52. The van der Waals surface area contributed by atoms with Crippen LogP contribution in [0.25, 0.3) is 0 Å². The molecule has 0 aliphatic rings. The van der Waals surface area contributed by atoms with E-state index in [9.17, 15) is 4.79 Å². The minimum absolute atomic E-state index is 0.370. The summed E-state index contributed by atoms with van der Waals surface area (Å²) in [4.78, 5) is 11.6. The number of carbonyl (C=O) groups is 1. The van der Waals surface area contributed by atoms with Crippen molar-refractivity contribution < 1.29 is 14.3 Å². The first-order chi connectivity index (χ1) is 9.86. The van der Waals surface area contributed by atoms with Crippen LogP contribution in [0.4, 0.5) is 0 Å². The van der Waals surface area contributed by atoms with E-state index in [0.717, 1.165) is 5.56 Å². The lowest BCUT2D eigenvalue weighted by Crippen LogP contribution is -2.00. The first kappa shape index (κ1) is 14.0. The Hall–Kier alpha value is -2.39. The maximum absolute atomic E-state index is 11.6. The van der Waals surface area contributed by atoms with Crippen molar-refractivity contribution in [3.05, 3.63) is 84.1 Å². The number of hydrogen-bond acceptors (Lipinski definition) is 3. The normalized spacial score (nSPS) is 10.6. The summed E-state index contributed by atoms with van der Waals surface area (Å²) in [6.45, 7) is 0.939. The summed E-state index contributed by atoms with van der Waals surface area (Å²) in [7, 11) is 0. The van der Waals surface area contributed by atoms with Crippen LogP contribution in [0.3, 0.4) is 0 Å². The second-order valence-electron chi connectivity index (χ2n) is 4.14. The fraction of sp³-hybridized carbons (Fsp3) is 0.118. The fourth-order valence-electron chi connectivity index (χ4n) is 1.61.